The van der Waals surface area contributed by atoms with Crippen molar-refractivity contribution in [1.82, 2.24) is 29.9 Å². The third-order valence-electron chi connectivity index (χ3n) is 13.2. The van der Waals surface area contributed by atoms with E-state index in [1.807, 2.05) is 0 Å². The Labute approximate surface area is 582 Å². The summed E-state index contributed by atoms with van der Waals surface area (Å²) in [6.07, 6.45) is -1.31. The fraction of sp³-hybridized carbons (Fsp3) is 0.241. The second kappa shape index (κ2) is 34.1. The Kier molecular flexibility index (Phi) is 26.0. The van der Waals surface area contributed by atoms with Crippen molar-refractivity contribution in [2.45, 2.75) is 31.9 Å². The third kappa shape index (κ3) is 20.6. The number of aliphatic hydroxyl groups excluding tert-OH is 3. The van der Waals surface area contributed by atoms with E-state index in [2.05, 4.69) is 82.3 Å². The van der Waals surface area contributed by atoms with Gasteiger partial charge < -0.3 is 87.0 Å². The summed E-state index contributed by atoms with van der Waals surface area (Å²) in [6, 6.07) is 12.6. The second-order valence-corrected chi connectivity index (χ2v) is 28.3. The van der Waals surface area contributed by atoms with Gasteiger partial charge in [-0.25, -0.2) is 14.4 Å². The molecular formula is C54H56N16O26S6. The molecule has 544 valence electrons. The van der Waals surface area contributed by atoms with Crippen LogP contribution in [-0.2, 0) is 59.5 Å². The lowest BCUT2D eigenvalue weighted by atomic mass is 10.1. The van der Waals surface area contributed by atoms with Crippen LogP contribution in [0.3, 0.4) is 0 Å². The molecule has 0 spiro atoms. The molecule has 48 heteroatoms. The van der Waals surface area contributed by atoms with E-state index in [-0.39, 0.29) is 87.5 Å². The van der Waals surface area contributed by atoms with E-state index in [9.17, 15) is 107 Å². The maximum atomic E-state index is 12.9. The highest BCUT2D eigenvalue weighted by atomic mass is 33.1. The van der Waals surface area contributed by atoms with Gasteiger partial charge in [0.2, 0.25) is 35.7 Å². The molecule has 8 rings (SSSR count). The van der Waals surface area contributed by atoms with Crippen LogP contribution in [0.1, 0.15) is 20.7 Å². The smallest absolute Gasteiger partial charge is 0.337 e. The van der Waals surface area contributed by atoms with Crippen molar-refractivity contribution in [3.05, 3.63) is 96.1 Å². The van der Waals surface area contributed by atoms with Crippen LogP contribution in [0.2, 0.25) is 0 Å². The molecule has 42 nitrogen and oxygen atoms in total. The number of nitrogens with one attached hydrogen (secondary N) is 6. The van der Waals surface area contributed by atoms with Crippen molar-refractivity contribution >= 4 is 171 Å². The Balaban J connectivity index is 1.09. The number of phenolic OH excluding ortho intramolecular Hbond substituents is 2. The molecule has 0 aliphatic carbocycles. The average molecular weight is 1540 g/mol. The quantitative estimate of drug-likeness (QED) is 0.00798. The summed E-state index contributed by atoms with van der Waals surface area (Å²) in [5.41, 5.74) is -4.56. The van der Waals surface area contributed by atoms with Gasteiger partial charge >= 0.3 is 17.9 Å². The highest BCUT2D eigenvalue weighted by molar-refractivity contribution is 8.76. The van der Waals surface area contributed by atoms with Crippen LogP contribution in [0.4, 0.5) is 69.8 Å². The van der Waals surface area contributed by atoms with Gasteiger partial charge in [0, 0.05) is 35.4 Å². The summed E-state index contributed by atoms with van der Waals surface area (Å²) >= 11 is 0. The number of anilines is 8. The molecule has 0 saturated carbocycles. The van der Waals surface area contributed by atoms with Crippen molar-refractivity contribution < 1.29 is 121 Å². The number of ether oxygens (including phenoxy) is 3. The minimum absolute atomic E-state index is 0.0489. The lowest BCUT2D eigenvalue weighted by Crippen LogP contribution is -2.33. The van der Waals surface area contributed by atoms with E-state index in [4.69, 9.17) is 14.2 Å². The molecule has 18 N–H and O–H groups in total. The molecule has 2 aromatic heterocycles. The van der Waals surface area contributed by atoms with Gasteiger partial charge in [0.05, 0.1) is 71.9 Å². The monoisotopic (exact) mass is 1540 g/mol. The van der Waals surface area contributed by atoms with Crippen molar-refractivity contribution in [3.63, 3.8) is 0 Å². The van der Waals surface area contributed by atoms with Gasteiger partial charge in [-0.05, 0) is 71.4 Å². The van der Waals surface area contributed by atoms with Crippen molar-refractivity contribution in [1.29, 1.82) is 0 Å². The molecule has 6 aromatic carbocycles. The van der Waals surface area contributed by atoms with Crippen molar-refractivity contribution in [2.24, 2.45) is 20.5 Å². The number of carboxylic acids is 3. The molecule has 0 aliphatic rings. The fourth-order valence-electron chi connectivity index (χ4n) is 8.81. The van der Waals surface area contributed by atoms with Gasteiger partial charge in [0.25, 0.3) is 40.5 Å². The summed E-state index contributed by atoms with van der Waals surface area (Å²) in [6.45, 7) is -2.06. The summed E-state index contributed by atoms with van der Waals surface area (Å²) in [4.78, 5) is 58.2. The fourth-order valence-corrected chi connectivity index (χ4v) is 13.4. The SMILES string of the molecule is O=C(O)c1ccccc1/N=N/c1c(S(=O)(=O)O)cc2cc(S(=O)(=O)O)cc(Nc3nc(NCCOCCO)nc(NC(CSSCC(Nc4nc(NCCOCCO)nc(Nc5cc(S(=O)(=O)O)cc6cc(S(=O)(=O)O)c(/N=N/c7ccccc7C(=O)O)c(O)c56)n4)C(=O)O)OCO)n3)c2c1O. The molecule has 2 heterocycles. The highest BCUT2D eigenvalue weighted by Crippen LogP contribution is 2.48. The maximum Gasteiger partial charge on any atom is 0.337 e. The largest absolute Gasteiger partial charge is 0.505 e. The number of fused-ring (bicyclic) bond motifs is 2. The lowest BCUT2D eigenvalue weighted by Gasteiger charge is -2.20. The molecule has 0 aliphatic heterocycles. The van der Waals surface area contributed by atoms with Gasteiger partial charge in [0.15, 0.2) is 11.5 Å². The van der Waals surface area contributed by atoms with Crippen LogP contribution in [0.25, 0.3) is 21.5 Å². The predicted octanol–water partition coefficient (Wildman–Crippen LogP) is 4.97. The van der Waals surface area contributed by atoms with E-state index in [1.165, 1.54) is 36.4 Å². The number of benzene rings is 6. The number of aromatic hydroxyl groups is 2. The summed E-state index contributed by atoms with van der Waals surface area (Å²) in [5.74, 6) is -9.92. The average Bonchev–Trinajstić information content (AvgIpc) is 0.753. The number of rotatable bonds is 38. The number of aliphatic carboxylic acids is 1. The zero-order valence-electron chi connectivity index (χ0n) is 51.5. The number of phenols is 2. The Morgan fingerprint density at radius 3 is 1.28 bits per heavy atom. The van der Waals surface area contributed by atoms with E-state index in [0.717, 1.165) is 51.9 Å². The number of aromatic carboxylic acids is 2. The second-order valence-electron chi connectivity index (χ2n) is 20.1. The minimum atomic E-state index is -5.39. The first-order chi connectivity index (χ1) is 48.3. The van der Waals surface area contributed by atoms with E-state index in [1.54, 1.807) is 0 Å². The van der Waals surface area contributed by atoms with Crippen LogP contribution in [0, 0.1) is 0 Å². The number of aromatic nitrogens is 6. The third-order valence-corrected chi connectivity index (χ3v) is 19.0. The predicted molar refractivity (Wildman–Crippen MR) is 360 cm³/mol. The van der Waals surface area contributed by atoms with Gasteiger partial charge in [-0.3, -0.25) is 18.2 Å². The zero-order valence-corrected chi connectivity index (χ0v) is 56.4. The minimum Gasteiger partial charge on any atom is -0.505 e. The molecule has 102 heavy (non-hydrogen) atoms. The number of hydrogen-bond acceptors (Lipinski definition) is 37. The Bertz CT molecular complexity index is 5030. The number of carboxylic acid groups (broad SMARTS) is 3. The van der Waals surface area contributed by atoms with Gasteiger partial charge in [0.1, 0.15) is 51.6 Å². The summed E-state index contributed by atoms with van der Waals surface area (Å²) < 4.78 is 159. The Hall–Kier alpha value is -10.0. The highest BCUT2D eigenvalue weighted by Gasteiger charge is 2.30. The van der Waals surface area contributed by atoms with Crippen molar-refractivity contribution in [2.75, 3.05) is 103 Å². The molecule has 0 fully saturated rings. The lowest BCUT2D eigenvalue weighted by molar-refractivity contribution is -0.137. The topological polar surface area (TPSA) is 657 Å². The zero-order chi connectivity index (χ0) is 74.3. The molecule has 2 unspecified atom stereocenters. The molecule has 0 bridgehead atoms. The number of nitrogens with zero attached hydrogens (tertiary/aromatic N) is 10. The molecule has 8 aromatic rings. The number of hydrogen-bond donors (Lipinski definition) is 18. The summed E-state index contributed by atoms with van der Waals surface area (Å²) in [7, 11) is -19.4. The first kappa shape index (κ1) is 77.7. The molecule has 0 amide bonds. The molecular weight excluding hydrogens is 1480 g/mol. The Morgan fingerprint density at radius 1 is 0.490 bits per heavy atom. The Morgan fingerprint density at radius 2 is 0.892 bits per heavy atom. The van der Waals surface area contributed by atoms with E-state index in [0.29, 0.717) is 18.2 Å². The van der Waals surface area contributed by atoms with Gasteiger partial charge in [-0.1, -0.05) is 45.9 Å². The standard InChI is InChI=1S/C54H56N16O26S6/c71-11-15-94-13-9-55-49-61-51(57-34-21-28(99(82,83)84)17-26-19-37(101(88,89)90)42(44(74)40(26)34)69-67-32-7-3-1-5-30(32)46(76)77)65-53(63-49)59-36(48(80)81)23-97-98-24-39(96-25-73)60-54-64-50(56-10-14-95-16-12-72)62-52(66-54)58-35-22-29(100(85,86)87)18-27-20-38(102(91,92)93)43(45(75)41(27)35)70-68-33-8-4-2-6-31(33)47(78)79/h1-8,17-22,36,39,71-75H,9-16,23-25H2,(H,76,77)(H,78,79)(H,80,81)(H,82,83,84)(H,85,86,87)(H,88,89,90)(H,91,92,93)(H3,55,57,59,61,63,65)(H3,56,58,60,62,64,66)/b69-67+,70-68+. The van der Waals surface area contributed by atoms with Gasteiger partial charge in [-0.15, -0.1) is 20.5 Å². The van der Waals surface area contributed by atoms with E-state index < -0.39 is 188 Å². The van der Waals surface area contributed by atoms with Crippen LogP contribution in [-0.4, -0.2) is 224 Å². The van der Waals surface area contributed by atoms with Crippen LogP contribution >= 0.6 is 21.6 Å². The van der Waals surface area contributed by atoms with Crippen LogP contribution < -0.4 is 31.9 Å². The normalized spacial score (nSPS) is 12.8. The van der Waals surface area contributed by atoms with E-state index >= 15 is 0 Å². The first-order valence-electron chi connectivity index (χ1n) is 28.5. The summed E-state index contributed by atoms with van der Waals surface area (Å²) in [5, 5.41) is 111. The van der Waals surface area contributed by atoms with Crippen molar-refractivity contribution in [3.8, 4) is 11.5 Å². The first-order valence-corrected chi connectivity index (χ1v) is 36.7. The van der Waals surface area contributed by atoms with Crippen LogP contribution in [0.5, 0.6) is 11.5 Å². The maximum absolute atomic E-state index is 12.9. The molecule has 2 atom stereocenters. The molecule has 0 radical (unpaired) electrons. The number of aliphatic hydroxyl groups is 3. The number of carbonyl (C=O) groups is 3. The molecule has 0 saturated heterocycles. The van der Waals surface area contributed by atoms with Crippen LogP contribution in [0.15, 0.2) is 125 Å². The number of azo groups is 2. The van der Waals surface area contributed by atoms with Gasteiger partial charge in [-0.2, -0.15) is 63.6 Å².